The number of para-hydroxylation sites is 1. The van der Waals surface area contributed by atoms with Crippen molar-refractivity contribution >= 4 is 21.8 Å². The fourth-order valence-electron chi connectivity index (χ4n) is 6.46. The maximum Gasteiger partial charge on any atom is 3.00 e. The molecule has 1 unspecified atom stereocenters. The number of hydrogen-bond donors (Lipinski definition) is 0. The van der Waals surface area contributed by atoms with Gasteiger partial charge < -0.3 is 4.57 Å². The second-order valence-electron chi connectivity index (χ2n) is 11.5. The second kappa shape index (κ2) is 11.7. The number of nitrogens with zero attached hydrogens (tertiary/aromatic N) is 6. The van der Waals surface area contributed by atoms with Crippen LogP contribution in [-0.2, 0) is 31.2 Å². The predicted molar refractivity (Wildman–Crippen MR) is 176 cm³/mol. The Hall–Kier alpha value is -5.10. The number of rotatable bonds is 7. The molecule has 8 rings (SSSR count). The van der Waals surface area contributed by atoms with Gasteiger partial charge in [0.1, 0.15) is 11.4 Å². The monoisotopic (exact) mass is 774 g/mol. The summed E-state index contributed by atoms with van der Waals surface area (Å²) in [6, 6.07) is 49.7. The van der Waals surface area contributed by atoms with Crippen LogP contribution in [0, 0.1) is 18.2 Å². The first-order valence-electron chi connectivity index (χ1n) is 15.0. The maximum atomic E-state index is 5.36. The van der Waals surface area contributed by atoms with Gasteiger partial charge in [-0.2, -0.15) is 89.1 Å². The maximum absolute atomic E-state index is 5.36. The number of aromatic nitrogens is 6. The summed E-state index contributed by atoms with van der Waals surface area (Å²) in [5.41, 5.74) is 4.48. The number of pyridine rings is 1. The zero-order chi connectivity index (χ0) is 30.4. The largest absolute Gasteiger partial charge is 3.00 e. The number of fused-ring (bicyclic) bond motifs is 3. The molecule has 0 radical (unpaired) electrons. The molecule has 7 heteroatoms. The Kier molecular flexibility index (Phi) is 7.52. The van der Waals surface area contributed by atoms with Crippen LogP contribution in [0.5, 0.6) is 0 Å². The van der Waals surface area contributed by atoms with E-state index in [1.807, 2.05) is 76.5 Å². The van der Waals surface area contributed by atoms with Gasteiger partial charge >= 0.3 is 20.1 Å². The smallest absolute Gasteiger partial charge is 0.319 e. The molecule has 0 saturated carbocycles. The van der Waals surface area contributed by atoms with Gasteiger partial charge in [0.05, 0.1) is 11.2 Å². The van der Waals surface area contributed by atoms with Crippen molar-refractivity contribution < 1.29 is 20.1 Å². The summed E-state index contributed by atoms with van der Waals surface area (Å²) >= 11 is 0. The Morgan fingerprint density at radius 1 is 0.587 bits per heavy atom. The average molecular weight is 774 g/mol. The zero-order valence-corrected chi connectivity index (χ0v) is 27.7. The summed E-state index contributed by atoms with van der Waals surface area (Å²) in [7, 11) is 0. The molecular formula is C39H29IrN6. The van der Waals surface area contributed by atoms with Gasteiger partial charge in [0.15, 0.2) is 0 Å². The van der Waals surface area contributed by atoms with Crippen molar-refractivity contribution in [1.82, 2.24) is 29.1 Å². The van der Waals surface area contributed by atoms with Gasteiger partial charge in [0.2, 0.25) is 0 Å². The van der Waals surface area contributed by atoms with Crippen LogP contribution in [-0.4, -0.2) is 29.1 Å². The molecule has 0 aliphatic heterocycles. The van der Waals surface area contributed by atoms with Crippen LogP contribution in [0.4, 0.5) is 0 Å². The predicted octanol–water partition coefficient (Wildman–Crippen LogP) is 7.59. The third-order valence-electron chi connectivity index (χ3n) is 8.96. The molecule has 0 aliphatic carbocycles. The van der Waals surface area contributed by atoms with Gasteiger partial charge in [0, 0.05) is 30.3 Å². The van der Waals surface area contributed by atoms with Crippen molar-refractivity contribution in [2.24, 2.45) is 0 Å². The molecule has 0 amide bonds. The van der Waals surface area contributed by atoms with Gasteiger partial charge in [-0.05, 0) is 49.6 Å². The SMILES string of the molecule is CC(c1[c-]cccc1)(c1[c-]c2c(cc1)c1ccccc1n2-c1cccc([C@](C)(c2[c-]cccc2)n2cccn2)n1)n1cccn1.[Ir+3]. The van der Waals surface area contributed by atoms with E-state index in [0.29, 0.717) is 0 Å². The second-order valence-corrected chi connectivity index (χ2v) is 11.5. The Labute approximate surface area is 281 Å². The van der Waals surface area contributed by atoms with Gasteiger partial charge in [0.25, 0.3) is 0 Å². The quantitative estimate of drug-likeness (QED) is 0.157. The summed E-state index contributed by atoms with van der Waals surface area (Å²) in [5.74, 6) is 0.800. The Balaban J connectivity index is 0.00000338. The van der Waals surface area contributed by atoms with E-state index in [9.17, 15) is 0 Å². The first kappa shape index (κ1) is 29.6. The molecule has 4 heterocycles. The minimum absolute atomic E-state index is 0. The van der Waals surface area contributed by atoms with Gasteiger partial charge in [-0.1, -0.05) is 29.8 Å². The van der Waals surface area contributed by atoms with E-state index in [0.717, 1.165) is 50.0 Å². The van der Waals surface area contributed by atoms with Crippen LogP contribution < -0.4 is 0 Å². The molecule has 0 saturated heterocycles. The van der Waals surface area contributed by atoms with Gasteiger partial charge in [-0.3, -0.25) is 9.36 Å². The van der Waals surface area contributed by atoms with Crippen LogP contribution >= 0.6 is 0 Å². The summed E-state index contributed by atoms with van der Waals surface area (Å²) in [4.78, 5) is 5.36. The van der Waals surface area contributed by atoms with E-state index >= 15 is 0 Å². The molecule has 0 bridgehead atoms. The van der Waals surface area contributed by atoms with Crippen molar-refractivity contribution in [2.45, 2.75) is 24.9 Å². The molecule has 0 spiro atoms. The summed E-state index contributed by atoms with van der Waals surface area (Å²) in [6.45, 7) is 4.31. The van der Waals surface area contributed by atoms with Crippen molar-refractivity contribution in [3.8, 4) is 5.82 Å². The van der Waals surface area contributed by atoms with Crippen molar-refractivity contribution in [1.29, 1.82) is 0 Å². The number of benzene rings is 4. The molecule has 8 aromatic rings. The van der Waals surface area contributed by atoms with Crippen LogP contribution in [0.2, 0.25) is 0 Å². The fraction of sp³-hybridized carbons (Fsp3) is 0.103. The molecule has 0 aliphatic rings. The molecule has 4 aromatic heterocycles. The minimum atomic E-state index is -0.684. The van der Waals surface area contributed by atoms with E-state index in [1.54, 1.807) is 6.20 Å². The third-order valence-corrected chi connectivity index (χ3v) is 8.96. The van der Waals surface area contributed by atoms with Gasteiger partial charge in [-0.15, -0.1) is 22.1 Å². The van der Waals surface area contributed by atoms with Crippen LogP contribution in [0.1, 0.15) is 36.2 Å². The fourth-order valence-corrected chi connectivity index (χ4v) is 6.46. The first-order valence-corrected chi connectivity index (χ1v) is 15.0. The van der Waals surface area contributed by atoms with E-state index < -0.39 is 11.1 Å². The summed E-state index contributed by atoms with van der Waals surface area (Å²) < 4.78 is 6.15. The van der Waals surface area contributed by atoms with Crippen molar-refractivity contribution in [3.05, 3.63) is 181 Å². The Bertz CT molecular complexity index is 2240. The molecule has 4 aromatic carbocycles. The van der Waals surface area contributed by atoms with E-state index in [1.165, 1.54) is 0 Å². The van der Waals surface area contributed by atoms with Crippen LogP contribution in [0.15, 0.2) is 140 Å². The van der Waals surface area contributed by atoms with Gasteiger partial charge in [-0.25, -0.2) is 4.98 Å². The molecule has 6 nitrogen and oxygen atoms in total. The number of hydrogen-bond acceptors (Lipinski definition) is 3. The average Bonchev–Trinajstić information content (AvgIpc) is 3.90. The van der Waals surface area contributed by atoms with E-state index in [2.05, 4.69) is 114 Å². The van der Waals surface area contributed by atoms with E-state index in [-0.39, 0.29) is 20.1 Å². The Morgan fingerprint density at radius 3 is 1.89 bits per heavy atom. The van der Waals surface area contributed by atoms with Crippen LogP contribution in [0.25, 0.3) is 27.6 Å². The third kappa shape index (κ3) is 4.54. The Morgan fingerprint density at radius 2 is 1.24 bits per heavy atom. The summed E-state index contributed by atoms with van der Waals surface area (Å²) in [5, 5.41) is 11.6. The van der Waals surface area contributed by atoms with Crippen molar-refractivity contribution in [2.75, 3.05) is 0 Å². The molecule has 0 fully saturated rings. The molecule has 0 N–H and O–H groups in total. The molecule has 2 atom stereocenters. The summed E-state index contributed by atoms with van der Waals surface area (Å²) in [6.07, 6.45) is 7.59. The topological polar surface area (TPSA) is 53.5 Å². The zero-order valence-electron chi connectivity index (χ0n) is 25.3. The molecule has 224 valence electrons. The first-order chi connectivity index (χ1) is 22.1. The minimum Gasteiger partial charge on any atom is -0.319 e. The van der Waals surface area contributed by atoms with E-state index in [4.69, 9.17) is 4.98 Å². The normalized spacial score (nSPS) is 14.0. The molecule has 46 heavy (non-hydrogen) atoms. The van der Waals surface area contributed by atoms with Crippen molar-refractivity contribution in [3.63, 3.8) is 0 Å². The standard InChI is InChI=1S/C39H29N6.Ir/c1-38(43-26-12-24-40-43,29-14-5-3-6-15-29)31-22-23-33-32-18-9-10-19-34(32)45(35(33)28-31)37-21-11-20-36(42-37)39(2,44-27-13-25-41-44)30-16-7-4-8-17-30;/h3-14,16,18-27H,1-2H3;/q-3;+3/t38?,39-;/m0./s1. The molecular weight excluding hydrogens is 745 g/mol. The van der Waals surface area contributed by atoms with Crippen LogP contribution in [0.3, 0.4) is 0 Å².